The van der Waals surface area contributed by atoms with Crippen LogP contribution in [0.4, 0.5) is 5.69 Å². The van der Waals surface area contributed by atoms with Crippen LogP contribution in [0, 0.1) is 5.92 Å². The van der Waals surface area contributed by atoms with E-state index in [1.54, 1.807) is 25.1 Å². The number of hydrogen-bond acceptors (Lipinski definition) is 2. The van der Waals surface area contributed by atoms with Gasteiger partial charge in [-0.05, 0) is 18.2 Å². The van der Waals surface area contributed by atoms with E-state index < -0.39 is 10.8 Å². The molecule has 0 bridgehead atoms. The Morgan fingerprint density at radius 2 is 2.27 bits per heavy atom. The van der Waals surface area contributed by atoms with Crippen molar-refractivity contribution in [2.75, 3.05) is 11.1 Å². The summed E-state index contributed by atoms with van der Waals surface area (Å²) in [5.41, 5.74) is 0.565. The molecule has 1 N–H and O–H groups in total. The van der Waals surface area contributed by atoms with E-state index in [4.69, 9.17) is 11.6 Å². The van der Waals surface area contributed by atoms with Crippen LogP contribution in [-0.4, -0.2) is 15.9 Å². The first kappa shape index (κ1) is 10.6. The molecule has 0 spiro atoms. The van der Waals surface area contributed by atoms with Crippen LogP contribution in [0.15, 0.2) is 23.1 Å². The SMILES string of the molecule is CC1CS(=O)c2ccc(Cl)cc2NC1=O. The molecule has 1 aromatic rings. The first-order valence-electron chi connectivity index (χ1n) is 4.56. The summed E-state index contributed by atoms with van der Waals surface area (Å²) in [6, 6.07) is 5.01. The molecule has 2 rings (SSSR count). The van der Waals surface area contributed by atoms with E-state index in [-0.39, 0.29) is 11.8 Å². The third kappa shape index (κ3) is 2.06. The van der Waals surface area contributed by atoms with E-state index in [0.717, 1.165) is 0 Å². The topological polar surface area (TPSA) is 46.2 Å². The zero-order valence-electron chi connectivity index (χ0n) is 8.12. The summed E-state index contributed by atoms with van der Waals surface area (Å²) in [6.45, 7) is 1.76. The van der Waals surface area contributed by atoms with Gasteiger partial charge in [-0.25, -0.2) is 0 Å². The number of halogens is 1. The third-order valence-electron chi connectivity index (χ3n) is 2.29. The number of amides is 1. The van der Waals surface area contributed by atoms with Crippen LogP contribution in [0.5, 0.6) is 0 Å². The average molecular weight is 244 g/mol. The van der Waals surface area contributed by atoms with Gasteiger partial charge in [0.25, 0.3) is 0 Å². The van der Waals surface area contributed by atoms with Gasteiger partial charge in [0.2, 0.25) is 5.91 Å². The van der Waals surface area contributed by atoms with E-state index in [1.165, 1.54) is 0 Å². The summed E-state index contributed by atoms with van der Waals surface area (Å²) in [4.78, 5) is 12.2. The molecule has 1 amide bonds. The van der Waals surface area contributed by atoms with Crippen molar-refractivity contribution < 1.29 is 9.00 Å². The van der Waals surface area contributed by atoms with Crippen molar-refractivity contribution in [2.45, 2.75) is 11.8 Å². The molecule has 5 heteroatoms. The van der Waals surface area contributed by atoms with Gasteiger partial charge in [0.1, 0.15) is 0 Å². The summed E-state index contributed by atoms with van der Waals surface area (Å²) in [5, 5.41) is 3.26. The van der Waals surface area contributed by atoms with Gasteiger partial charge >= 0.3 is 0 Å². The maximum absolute atomic E-state index is 11.8. The molecule has 1 aromatic carbocycles. The van der Waals surface area contributed by atoms with E-state index >= 15 is 0 Å². The fourth-order valence-corrected chi connectivity index (χ4v) is 2.98. The van der Waals surface area contributed by atoms with Gasteiger partial charge in [-0.1, -0.05) is 18.5 Å². The lowest BCUT2D eigenvalue weighted by Gasteiger charge is -2.06. The second kappa shape index (κ2) is 3.94. The Kier molecular flexibility index (Phi) is 2.80. The van der Waals surface area contributed by atoms with Crippen molar-refractivity contribution >= 4 is 34.0 Å². The molecule has 0 radical (unpaired) electrons. The molecule has 0 aromatic heterocycles. The minimum absolute atomic E-state index is 0.107. The highest BCUT2D eigenvalue weighted by atomic mass is 35.5. The molecule has 2 unspecified atom stereocenters. The van der Waals surface area contributed by atoms with Gasteiger partial charge in [-0.3, -0.25) is 9.00 Å². The van der Waals surface area contributed by atoms with Crippen LogP contribution in [-0.2, 0) is 15.6 Å². The van der Waals surface area contributed by atoms with Crippen molar-refractivity contribution in [3.05, 3.63) is 23.2 Å². The second-order valence-electron chi connectivity index (χ2n) is 3.54. The zero-order chi connectivity index (χ0) is 11.0. The quantitative estimate of drug-likeness (QED) is 0.758. The average Bonchev–Trinajstić information content (AvgIpc) is 2.25. The van der Waals surface area contributed by atoms with Gasteiger partial charge in [0.05, 0.1) is 21.4 Å². The minimum Gasteiger partial charge on any atom is -0.325 e. The first-order chi connectivity index (χ1) is 7.08. The summed E-state index contributed by atoms with van der Waals surface area (Å²) in [7, 11) is -1.13. The second-order valence-corrected chi connectivity index (χ2v) is 5.44. The molecule has 0 aliphatic carbocycles. The molecule has 1 aliphatic heterocycles. The number of carbonyl (C=O) groups is 1. The van der Waals surface area contributed by atoms with Crippen LogP contribution >= 0.6 is 11.6 Å². The van der Waals surface area contributed by atoms with E-state index in [2.05, 4.69) is 5.32 Å². The summed E-state index contributed by atoms with van der Waals surface area (Å²) >= 11 is 5.81. The minimum atomic E-state index is -1.13. The van der Waals surface area contributed by atoms with Crippen LogP contribution < -0.4 is 5.32 Å². The molecule has 15 heavy (non-hydrogen) atoms. The molecule has 2 atom stereocenters. The molecule has 0 fully saturated rings. The molecule has 3 nitrogen and oxygen atoms in total. The number of benzene rings is 1. The molecular formula is C10H10ClNO2S. The molecule has 80 valence electrons. The number of hydrogen-bond donors (Lipinski definition) is 1. The number of carbonyl (C=O) groups excluding carboxylic acids is 1. The van der Waals surface area contributed by atoms with Crippen LogP contribution in [0.3, 0.4) is 0 Å². The lowest BCUT2D eigenvalue weighted by Crippen LogP contribution is -2.21. The normalized spacial score (nSPS) is 25.3. The number of anilines is 1. The maximum Gasteiger partial charge on any atom is 0.228 e. The maximum atomic E-state index is 11.8. The third-order valence-corrected chi connectivity index (χ3v) is 4.18. The molecule has 0 saturated heterocycles. The van der Waals surface area contributed by atoms with Gasteiger partial charge in [0, 0.05) is 16.7 Å². The molecular weight excluding hydrogens is 234 g/mol. The largest absolute Gasteiger partial charge is 0.325 e. The Hall–Kier alpha value is -0.870. The fourth-order valence-electron chi connectivity index (χ4n) is 1.45. The Balaban J connectivity index is 2.51. The number of fused-ring (bicyclic) bond motifs is 1. The standard InChI is InChI=1S/C10H10ClNO2S/c1-6-5-15(14)9-3-2-7(11)4-8(9)12-10(6)13/h2-4,6H,5H2,1H3,(H,12,13). The van der Waals surface area contributed by atoms with Gasteiger partial charge < -0.3 is 5.32 Å². The Morgan fingerprint density at radius 3 is 3.00 bits per heavy atom. The summed E-state index contributed by atoms with van der Waals surface area (Å²) < 4.78 is 11.8. The fraction of sp³-hybridized carbons (Fsp3) is 0.300. The van der Waals surface area contributed by atoms with E-state index in [1.807, 2.05) is 0 Å². The van der Waals surface area contributed by atoms with Crippen molar-refractivity contribution in [1.29, 1.82) is 0 Å². The smallest absolute Gasteiger partial charge is 0.228 e. The Labute approximate surface area is 95.3 Å². The van der Waals surface area contributed by atoms with Crippen molar-refractivity contribution in [3.8, 4) is 0 Å². The predicted octanol–water partition coefficient (Wildman–Crippen LogP) is 2.04. The summed E-state index contributed by atoms with van der Waals surface area (Å²) in [6.07, 6.45) is 0. The molecule has 1 aliphatic rings. The van der Waals surface area contributed by atoms with E-state index in [0.29, 0.717) is 21.4 Å². The first-order valence-corrected chi connectivity index (χ1v) is 6.26. The van der Waals surface area contributed by atoms with Gasteiger partial charge in [0.15, 0.2) is 0 Å². The van der Waals surface area contributed by atoms with Crippen molar-refractivity contribution in [2.24, 2.45) is 5.92 Å². The highest BCUT2D eigenvalue weighted by molar-refractivity contribution is 7.85. The van der Waals surface area contributed by atoms with Crippen molar-refractivity contribution in [3.63, 3.8) is 0 Å². The van der Waals surface area contributed by atoms with Crippen LogP contribution in [0.1, 0.15) is 6.92 Å². The number of nitrogens with one attached hydrogen (secondary N) is 1. The van der Waals surface area contributed by atoms with Gasteiger partial charge in [-0.15, -0.1) is 0 Å². The number of rotatable bonds is 0. The highest BCUT2D eigenvalue weighted by Crippen LogP contribution is 2.28. The summed E-state index contributed by atoms with van der Waals surface area (Å²) in [5.74, 6) is 0.0156. The Bertz CT molecular complexity index is 447. The van der Waals surface area contributed by atoms with Gasteiger partial charge in [-0.2, -0.15) is 0 Å². The predicted molar refractivity (Wildman–Crippen MR) is 60.5 cm³/mol. The lowest BCUT2D eigenvalue weighted by atomic mass is 10.2. The highest BCUT2D eigenvalue weighted by Gasteiger charge is 2.24. The Morgan fingerprint density at radius 1 is 1.53 bits per heavy atom. The van der Waals surface area contributed by atoms with Crippen LogP contribution in [0.25, 0.3) is 0 Å². The molecule has 1 heterocycles. The lowest BCUT2D eigenvalue weighted by molar-refractivity contribution is -0.118. The van der Waals surface area contributed by atoms with Crippen molar-refractivity contribution in [1.82, 2.24) is 0 Å². The van der Waals surface area contributed by atoms with Crippen LogP contribution in [0.2, 0.25) is 5.02 Å². The zero-order valence-corrected chi connectivity index (χ0v) is 9.69. The molecule has 0 saturated carbocycles. The van der Waals surface area contributed by atoms with E-state index in [9.17, 15) is 9.00 Å². The monoisotopic (exact) mass is 243 g/mol.